The van der Waals surface area contributed by atoms with E-state index in [9.17, 15) is 4.79 Å². The van der Waals surface area contributed by atoms with Crippen LogP contribution in [0.25, 0.3) is 16.9 Å². The molecule has 26 heavy (non-hydrogen) atoms. The van der Waals surface area contributed by atoms with Crippen molar-refractivity contribution in [2.24, 2.45) is 0 Å². The van der Waals surface area contributed by atoms with Crippen molar-refractivity contribution in [3.8, 4) is 11.3 Å². The standard InChI is InChI=1S/C20H18N4OS/c1-12-8-13(2)18(14(3)9-12)16-11-26-20(22-16)23-19(25)15-10-24-7-5-4-6-17(24)21-15/h4-11H,1-3H3,(H,22,23,25). The van der Waals surface area contributed by atoms with Crippen LogP contribution in [0.2, 0.25) is 0 Å². The van der Waals surface area contributed by atoms with Crippen LogP contribution < -0.4 is 5.32 Å². The Hall–Kier alpha value is -2.99. The fourth-order valence-corrected chi connectivity index (χ4v) is 3.93. The van der Waals surface area contributed by atoms with Gasteiger partial charge in [-0.15, -0.1) is 11.3 Å². The highest BCUT2D eigenvalue weighted by molar-refractivity contribution is 7.14. The largest absolute Gasteiger partial charge is 0.306 e. The molecule has 5 nitrogen and oxygen atoms in total. The minimum atomic E-state index is -0.257. The van der Waals surface area contributed by atoms with Crippen molar-refractivity contribution in [1.82, 2.24) is 14.4 Å². The van der Waals surface area contributed by atoms with Gasteiger partial charge in [0, 0.05) is 23.3 Å². The number of fused-ring (bicyclic) bond motifs is 1. The average Bonchev–Trinajstić information content (AvgIpc) is 3.20. The Labute approximate surface area is 155 Å². The smallest absolute Gasteiger partial charge is 0.277 e. The predicted octanol–water partition coefficient (Wildman–Crippen LogP) is 4.64. The summed E-state index contributed by atoms with van der Waals surface area (Å²) in [6, 6.07) is 9.95. The summed E-state index contributed by atoms with van der Waals surface area (Å²) in [5.74, 6) is -0.257. The maximum Gasteiger partial charge on any atom is 0.277 e. The number of nitrogens with one attached hydrogen (secondary N) is 1. The molecule has 0 radical (unpaired) electrons. The first kappa shape index (κ1) is 16.5. The molecule has 3 aromatic heterocycles. The van der Waals surface area contributed by atoms with E-state index in [2.05, 4.69) is 48.2 Å². The molecule has 0 aliphatic carbocycles. The van der Waals surface area contributed by atoms with E-state index in [1.807, 2.05) is 34.2 Å². The summed E-state index contributed by atoms with van der Waals surface area (Å²) < 4.78 is 1.82. The molecular weight excluding hydrogens is 344 g/mol. The minimum absolute atomic E-state index is 0.257. The van der Waals surface area contributed by atoms with Crippen LogP contribution in [-0.4, -0.2) is 20.3 Å². The predicted molar refractivity (Wildman–Crippen MR) is 105 cm³/mol. The Morgan fingerprint density at radius 1 is 1.12 bits per heavy atom. The van der Waals surface area contributed by atoms with Gasteiger partial charge in [-0.05, 0) is 44.0 Å². The van der Waals surface area contributed by atoms with Gasteiger partial charge in [0.15, 0.2) is 5.13 Å². The number of pyridine rings is 1. The lowest BCUT2D eigenvalue weighted by Gasteiger charge is -2.08. The molecule has 0 atom stereocenters. The molecule has 4 aromatic rings. The van der Waals surface area contributed by atoms with Crippen LogP contribution >= 0.6 is 11.3 Å². The summed E-state index contributed by atoms with van der Waals surface area (Å²) in [7, 11) is 0. The van der Waals surface area contributed by atoms with Crippen molar-refractivity contribution >= 4 is 28.0 Å². The number of amides is 1. The van der Waals surface area contributed by atoms with Crippen LogP contribution in [0.5, 0.6) is 0 Å². The van der Waals surface area contributed by atoms with Gasteiger partial charge >= 0.3 is 0 Å². The number of hydrogen-bond acceptors (Lipinski definition) is 4. The Morgan fingerprint density at radius 3 is 2.62 bits per heavy atom. The molecule has 4 rings (SSSR count). The Kier molecular flexibility index (Phi) is 4.05. The monoisotopic (exact) mass is 362 g/mol. The summed E-state index contributed by atoms with van der Waals surface area (Å²) >= 11 is 1.42. The van der Waals surface area contributed by atoms with Gasteiger partial charge in [-0.3, -0.25) is 10.1 Å². The highest BCUT2D eigenvalue weighted by Gasteiger charge is 2.15. The third-order valence-corrected chi connectivity index (χ3v) is 5.01. The fourth-order valence-electron chi connectivity index (χ4n) is 3.24. The van der Waals surface area contributed by atoms with Gasteiger partial charge in [-0.1, -0.05) is 23.8 Å². The quantitative estimate of drug-likeness (QED) is 0.578. The van der Waals surface area contributed by atoms with Crippen LogP contribution in [-0.2, 0) is 0 Å². The molecule has 3 heterocycles. The van der Waals surface area contributed by atoms with Crippen molar-refractivity contribution in [2.45, 2.75) is 20.8 Å². The van der Waals surface area contributed by atoms with Gasteiger partial charge < -0.3 is 4.40 Å². The SMILES string of the molecule is Cc1cc(C)c(-c2csc(NC(=O)c3cn4ccccc4n3)n2)c(C)c1. The highest BCUT2D eigenvalue weighted by atomic mass is 32.1. The van der Waals surface area contributed by atoms with Crippen molar-refractivity contribution in [3.05, 3.63) is 70.5 Å². The number of nitrogens with zero attached hydrogens (tertiary/aromatic N) is 3. The number of thiazole rings is 1. The van der Waals surface area contributed by atoms with E-state index < -0.39 is 0 Å². The minimum Gasteiger partial charge on any atom is -0.306 e. The lowest BCUT2D eigenvalue weighted by Crippen LogP contribution is -2.12. The number of rotatable bonds is 3. The van der Waals surface area contributed by atoms with E-state index in [1.54, 1.807) is 6.20 Å². The first-order valence-corrected chi connectivity index (χ1v) is 9.18. The van der Waals surface area contributed by atoms with Crippen LogP contribution in [0.15, 0.2) is 48.1 Å². The van der Waals surface area contributed by atoms with Crippen LogP contribution in [0.4, 0.5) is 5.13 Å². The maximum atomic E-state index is 12.5. The van der Waals surface area contributed by atoms with Gasteiger partial charge in [-0.25, -0.2) is 9.97 Å². The summed E-state index contributed by atoms with van der Waals surface area (Å²) in [6.45, 7) is 6.26. The summed E-state index contributed by atoms with van der Waals surface area (Å²) in [6.07, 6.45) is 3.58. The zero-order valence-electron chi connectivity index (χ0n) is 14.8. The number of aromatic nitrogens is 3. The van der Waals surface area contributed by atoms with Crippen molar-refractivity contribution in [2.75, 3.05) is 5.32 Å². The molecule has 0 aliphatic heterocycles. The summed E-state index contributed by atoms with van der Waals surface area (Å²) in [5, 5.41) is 5.40. The molecule has 0 fully saturated rings. The molecule has 1 amide bonds. The second kappa shape index (κ2) is 6.38. The third kappa shape index (κ3) is 2.99. The molecule has 0 bridgehead atoms. The number of carbonyl (C=O) groups excluding carboxylic acids is 1. The Morgan fingerprint density at radius 2 is 1.88 bits per heavy atom. The van der Waals surface area contributed by atoms with E-state index in [4.69, 9.17) is 0 Å². The van der Waals surface area contributed by atoms with Crippen LogP contribution in [0, 0.1) is 20.8 Å². The van der Waals surface area contributed by atoms with E-state index in [0.29, 0.717) is 10.8 Å². The molecule has 0 aliphatic rings. The summed E-state index contributed by atoms with van der Waals surface area (Å²) in [4.78, 5) is 21.4. The topological polar surface area (TPSA) is 59.3 Å². The first-order valence-electron chi connectivity index (χ1n) is 8.30. The highest BCUT2D eigenvalue weighted by Crippen LogP contribution is 2.31. The molecule has 1 aromatic carbocycles. The van der Waals surface area contributed by atoms with Gasteiger partial charge in [0.05, 0.1) is 5.69 Å². The number of benzene rings is 1. The number of hydrogen-bond donors (Lipinski definition) is 1. The van der Waals surface area contributed by atoms with E-state index >= 15 is 0 Å². The molecule has 0 spiro atoms. The van der Waals surface area contributed by atoms with E-state index in [-0.39, 0.29) is 5.91 Å². The Bertz CT molecular complexity index is 1070. The molecule has 1 N–H and O–H groups in total. The van der Waals surface area contributed by atoms with Gasteiger partial charge in [-0.2, -0.15) is 0 Å². The second-order valence-electron chi connectivity index (χ2n) is 6.36. The molecule has 130 valence electrons. The number of anilines is 1. The third-order valence-electron chi connectivity index (χ3n) is 4.25. The first-order chi connectivity index (χ1) is 12.5. The molecule has 0 saturated carbocycles. The number of carbonyl (C=O) groups is 1. The van der Waals surface area contributed by atoms with E-state index in [1.165, 1.54) is 28.0 Å². The lowest BCUT2D eigenvalue weighted by atomic mass is 9.98. The zero-order valence-corrected chi connectivity index (χ0v) is 15.6. The van der Waals surface area contributed by atoms with Crippen LogP contribution in [0.3, 0.4) is 0 Å². The molecule has 6 heteroatoms. The van der Waals surface area contributed by atoms with E-state index in [0.717, 1.165) is 16.9 Å². The number of aryl methyl sites for hydroxylation is 3. The Balaban J connectivity index is 1.60. The molecule has 0 saturated heterocycles. The van der Waals surface area contributed by atoms with Gasteiger partial charge in [0.1, 0.15) is 11.3 Å². The fraction of sp³-hybridized carbons (Fsp3) is 0.150. The number of imidazole rings is 1. The summed E-state index contributed by atoms with van der Waals surface area (Å²) in [5.41, 5.74) is 6.73. The molecular formula is C20H18N4OS. The van der Waals surface area contributed by atoms with Crippen molar-refractivity contribution in [3.63, 3.8) is 0 Å². The van der Waals surface area contributed by atoms with Crippen molar-refractivity contribution < 1.29 is 4.79 Å². The van der Waals surface area contributed by atoms with Gasteiger partial charge in [0.25, 0.3) is 5.91 Å². The normalized spacial score (nSPS) is 11.0. The van der Waals surface area contributed by atoms with Crippen LogP contribution in [0.1, 0.15) is 27.2 Å². The maximum absolute atomic E-state index is 12.5. The lowest BCUT2D eigenvalue weighted by molar-refractivity contribution is 0.102. The molecule has 0 unspecified atom stereocenters. The van der Waals surface area contributed by atoms with Crippen molar-refractivity contribution in [1.29, 1.82) is 0 Å². The average molecular weight is 362 g/mol. The zero-order chi connectivity index (χ0) is 18.3. The second-order valence-corrected chi connectivity index (χ2v) is 7.22. The van der Waals surface area contributed by atoms with Gasteiger partial charge in [0.2, 0.25) is 0 Å².